The Balaban J connectivity index is 0.000000181. The van der Waals surface area contributed by atoms with Crippen LogP contribution in [0.15, 0.2) is 157 Å². The quantitative estimate of drug-likeness (QED) is 0.0756. The molecular formula is C40H29IrN6O2. The van der Waals surface area contributed by atoms with E-state index in [1.165, 1.54) is 6.07 Å². The maximum atomic E-state index is 11.4. The predicted molar refractivity (Wildman–Crippen MR) is 191 cm³/mol. The zero-order valence-corrected chi connectivity index (χ0v) is 28.5. The molecule has 1 N–H and O–H groups in total. The molecule has 0 atom stereocenters. The number of nitrogens with zero attached hydrogens (tertiary/aromatic N) is 5. The summed E-state index contributed by atoms with van der Waals surface area (Å²) in [5.41, 5.74) is 7.21. The standard InChI is InChI=1S/C18H13N4O2.2C11H8N.Ir/c1-2-9-19-14-8-7-13(12-17(14)22(23)24)18(15-5-3-10-20-15)16-6-4-11-21-16;2*1-2-6-10(7-3-1)11-8-4-5-9-12-11;/h1,3-8,10-12,19H,9H2;2*1-6,8-9H;/q3*-1;+3/b18-15-;;;. The number of rotatable bonds is 7. The van der Waals surface area contributed by atoms with Crippen molar-refractivity contribution >= 4 is 23.2 Å². The van der Waals surface area contributed by atoms with E-state index in [2.05, 4.69) is 43.3 Å². The number of benzene rings is 3. The number of anilines is 1. The Morgan fingerprint density at radius 2 is 1.51 bits per heavy atom. The van der Waals surface area contributed by atoms with E-state index in [1.807, 2.05) is 109 Å². The molecule has 0 saturated heterocycles. The summed E-state index contributed by atoms with van der Waals surface area (Å²) >= 11 is 0. The van der Waals surface area contributed by atoms with Crippen LogP contribution in [0.5, 0.6) is 0 Å². The molecule has 0 fully saturated rings. The molecule has 1 aliphatic rings. The van der Waals surface area contributed by atoms with Crippen molar-refractivity contribution in [1.82, 2.24) is 15.0 Å². The number of aromatic nitrogens is 3. The number of hydrogen-bond donors (Lipinski definition) is 1. The summed E-state index contributed by atoms with van der Waals surface area (Å²) in [6.45, 7) is 0.214. The number of pyridine rings is 2. The molecule has 0 amide bonds. The van der Waals surface area contributed by atoms with Gasteiger partial charge in [-0.1, -0.05) is 48.4 Å². The molecule has 0 unspecified atom stereocenters. The van der Waals surface area contributed by atoms with Gasteiger partial charge in [-0.3, -0.25) is 15.1 Å². The first kappa shape index (κ1) is 35.6. The molecule has 6 aromatic rings. The number of aliphatic imine (C=N–C) groups is 1. The smallest absolute Gasteiger partial charge is 0.664 e. The summed E-state index contributed by atoms with van der Waals surface area (Å²) in [6.07, 6.45) is 15.8. The Labute approximate surface area is 298 Å². The van der Waals surface area contributed by atoms with Gasteiger partial charge in [-0.05, 0) is 52.9 Å². The molecule has 0 saturated carbocycles. The van der Waals surface area contributed by atoms with E-state index in [0.717, 1.165) is 28.1 Å². The predicted octanol–water partition coefficient (Wildman–Crippen LogP) is 8.09. The summed E-state index contributed by atoms with van der Waals surface area (Å²) in [6, 6.07) is 42.3. The van der Waals surface area contributed by atoms with Crippen LogP contribution in [0.2, 0.25) is 0 Å². The zero-order valence-electron chi connectivity index (χ0n) is 26.1. The molecule has 9 heteroatoms. The average Bonchev–Trinajstić information content (AvgIpc) is 3.89. The van der Waals surface area contributed by atoms with Crippen molar-refractivity contribution in [3.8, 4) is 34.9 Å². The van der Waals surface area contributed by atoms with Gasteiger partial charge < -0.3 is 20.3 Å². The summed E-state index contributed by atoms with van der Waals surface area (Å²) < 4.78 is 0. The van der Waals surface area contributed by atoms with Crippen molar-refractivity contribution < 1.29 is 25.0 Å². The average molecular weight is 818 g/mol. The van der Waals surface area contributed by atoms with Gasteiger partial charge in [-0.2, -0.15) is 6.20 Å². The van der Waals surface area contributed by atoms with Crippen LogP contribution in [0.25, 0.3) is 28.1 Å². The third kappa shape index (κ3) is 10.1. The third-order valence-corrected chi connectivity index (χ3v) is 6.78. The van der Waals surface area contributed by atoms with Gasteiger partial charge in [0.05, 0.1) is 17.2 Å². The van der Waals surface area contributed by atoms with Crippen LogP contribution in [0.4, 0.5) is 11.4 Å². The molecule has 0 radical (unpaired) electrons. The van der Waals surface area contributed by atoms with Crippen LogP contribution in [0.1, 0.15) is 11.3 Å². The first-order valence-electron chi connectivity index (χ1n) is 14.9. The number of allylic oxidation sites excluding steroid dienone is 2. The molecule has 240 valence electrons. The van der Waals surface area contributed by atoms with Crippen molar-refractivity contribution in [2.24, 2.45) is 4.99 Å². The van der Waals surface area contributed by atoms with Crippen molar-refractivity contribution in [3.63, 3.8) is 0 Å². The van der Waals surface area contributed by atoms with Gasteiger partial charge in [-0.25, -0.2) is 0 Å². The first-order chi connectivity index (χ1) is 23.6. The van der Waals surface area contributed by atoms with E-state index in [1.54, 1.807) is 36.9 Å². The topological polar surface area (TPSA) is 107 Å². The first-order valence-corrected chi connectivity index (χ1v) is 14.9. The van der Waals surface area contributed by atoms with E-state index in [0.29, 0.717) is 22.6 Å². The van der Waals surface area contributed by atoms with Crippen LogP contribution in [-0.2, 0) is 20.1 Å². The summed E-state index contributed by atoms with van der Waals surface area (Å²) in [4.78, 5) is 28.0. The molecule has 3 aromatic heterocycles. The molecule has 4 heterocycles. The van der Waals surface area contributed by atoms with Gasteiger partial charge in [0.25, 0.3) is 5.69 Å². The summed E-state index contributed by atoms with van der Waals surface area (Å²) in [7, 11) is 0. The third-order valence-electron chi connectivity index (χ3n) is 6.78. The van der Waals surface area contributed by atoms with Crippen molar-refractivity contribution in [2.45, 2.75) is 0 Å². The molecule has 8 nitrogen and oxygen atoms in total. The Morgan fingerprint density at radius 1 is 0.857 bits per heavy atom. The maximum Gasteiger partial charge on any atom is 3.00 e. The van der Waals surface area contributed by atoms with Gasteiger partial charge in [0.2, 0.25) is 0 Å². The van der Waals surface area contributed by atoms with Crippen LogP contribution >= 0.6 is 0 Å². The van der Waals surface area contributed by atoms with E-state index >= 15 is 0 Å². The second-order valence-corrected chi connectivity index (χ2v) is 9.95. The Morgan fingerprint density at radius 3 is 1.98 bits per heavy atom. The largest absolute Gasteiger partial charge is 3.00 e. The zero-order chi connectivity index (χ0) is 33.4. The molecule has 0 aliphatic carbocycles. The minimum Gasteiger partial charge on any atom is -0.664 e. The van der Waals surface area contributed by atoms with Crippen LogP contribution in [-0.4, -0.2) is 27.7 Å². The minimum absolute atomic E-state index is 0. The van der Waals surface area contributed by atoms with Crippen molar-refractivity contribution in [2.75, 3.05) is 11.9 Å². The van der Waals surface area contributed by atoms with Crippen LogP contribution < -0.4 is 10.3 Å². The van der Waals surface area contributed by atoms with E-state index < -0.39 is 4.92 Å². The number of terminal acetylenes is 1. The Kier molecular flexibility index (Phi) is 13.7. The molecule has 3 aromatic carbocycles. The molecule has 1 aliphatic heterocycles. The van der Waals surface area contributed by atoms with Gasteiger partial charge in [-0.15, -0.1) is 83.9 Å². The van der Waals surface area contributed by atoms with Gasteiger partial charge in [0, 0.05) is 24.7 Å². The van der Waals surface area contributed by atoms with Crippen molar-refractivity contribution in [3.05, 3.63) is 185 Å². The minimum atomic E-state index is -0.434. The molecule has 49 heavy (non-hydrogen) atoms. The van der Waals surface area contributed by atoms with E-state index in [9.17, 15) is 10.1 Å². The van der Waals surface area contributed by atoms with Crippen molar-refractivity contribution in [1.29, 1.82) is 0 Å². The Bertz CT molecular complexity index is 1880. The Hall–Kier alpha value is -6.20. The summed E-state index contributed by atoms with van der Waals surface area (Å²) in [5.74, 6) is 2.41. The second kappa shape index (κ2) is 18.8. The molecule has 7 rings (SSSR count). The SMILES string of the molecule is C#CCNc1ccc(/C(=C2\C=CC=N2)c2ccc[n-]2)cc1[N+](=O)[O-].[Ir+3].[c-]1ccccc1-c1ccccn1.[c-]1ccccc1-c1ccccn1. The van der Waals surface area contributed by atoms with Gasteiger partial charge >= 0.3 is 20.1 Å². The molecule has 0 bridgehead atoms. The number of nitrogens with one attached hydrogen (secondary N) is 1. The number of nitro benzene ring substituents is 1. The number of nitro groups is 1. The fourth-order valence-electron chi connectivity index (χ4n) is 4.61. The number of hydrogen-bond acceptors (Lipinski definition) is 6. The fourth-order valence-corrected chi connectivity index (χ4v) is 4.61. The van der Waals surface area contributed by atoms with Crippen LogP contribution in [0.3, 0.4) is 0 Å². The molecule has 0 spiro atoms. The summed E-state index contributed by atoms with van der Waals surface area (Å²) in [5, 5.41) is 14.3. The van der Waals surface area contributed by atoms with Gasteiger partial charge in [0.1, 0.15) is 5.69 Å². The van der Waals surface area contributed by atoms with E-state index in [-0.39, 0.29) is 32.3 Å². The van der Waals surface area contributed by atoms with Crippen LogP contribution in [0, 0.1) is 34.6 Å². The second-order valence-electron chi connectivity index (χ2n) is 9.95. The van der Waals surface area contributed by atoms with Gasteiger partial charge in [0.15, 0.2) is 0 Å². The normalized spacial score (nSPS) is 11.8. The maximum absolute atomic E-state index is 11.4. The molecular weight excluding hydrogens is 789 g/mol. The monoisotopic (exact) mass is 818 g/mol. The van der Waals surface area contributed by atoms with E-state index in [4.69, 9.17) is 6.42 Å². The fraction of sp³-hybridized carbons (Fsp3) is 0.0250.